The van der Waals surface area contributed by atoms with Gasteiger partial charge < -0.3 is 0 Å². The molecule has 0 aliphatic heterocycles. The molecule has 0 nitrogen and oxygen atoms in total. The molecule has 0 radical (unpaired) electrons. The molecular formula is C17H22SSi. The highest BCUT2D eigenvalue weighted by Gasteiger charge is 2.27. The summed E-state index contributed by atoms with van der Waals surface area (Å²) in [5, 5.41) is 0. The number of hydrogen-bond donors (Lipinski definition) is 0. The zero-order valence-corrected chi connectivity index (χ0v) is 13.7. The Morgan fingerprint density at radius 1 is 0.947 bits per heavy atom. The van der Waals surface area contributed by atoms with Gasteiger partial charge in [0.25, 0.3) is 0 Å². The molecule has 1 atom stereocenters. The number of thioether (sulfide) groups is 1. The fourth-order valence-electron chi connectivity index (χ4n) is 2.04. The van der Waals surface area contributed by atoms with Crippen molar-refractivity contribution in [2.24, 2.45) is 0 Å². The summed E-state index contributed by atoms with van der Waals surface area (Å²) in [5.41, 5.74) is 0.692. The van der Waals surface area contributed by atoms with Crippen molar-refractivity contribution in [3.63, 3.8) is 0 Å². The van der Waals surface area contributed by atoms with E-state index in [9.17, 15) is 0 Å². The zero-order chi connectivity index (χ0) is 14.6. The first-order valence-corrected chi connectivity index (χ1v) is 11.2. The monoisotopic (exact) mass is 287 g/mol. The Morgan fingerprint density at radius 2 is 1.47 bits per heavy atom. The molecular weight excluding hydrogens is 264 g/mol. The van der Waals surface area contributed by atoms with E-state index in [0.29, 0.717) is 0 Å². The van der Waals surface area contributed by atoms with Gasteiger partial charge in [-0.05, 0) is 23.2 Å². The normalized spacial score (nSPS) is 15.6. The van der Waals surface area contributed by atoms with E-state index >= 15 is 0 Å². The molecule has 0 aromatic heterocycles. The van der Waals surface area contributed by atoms with Gasteiger partial charge in [0.1, 0.15) is 0 Å². The Balaban J connectivity index is 2.25. The van der Waals surface area contributed by atoms with E-state index in [4.69, 9.17) is 1.37 Å². The topological polar surface area (TPSA) is 0 Å². The molecule has 0 aliphatic rings. The first-order chi connectivity index (χ1) is 9.43. The molecule has 2 heteroatoms. The summed E-state index contributed by atoms with van der Waals surface area (Å²) in [7, 11) is -1.66. The predicted octanol–water partition coefficient (Wildman–Crippen LogP) is 5.44. The van der Waals surface area contributed by atoms with Gasteiger partial charge >= 0.3 is 0 Å². The molecule has 0 spiro atoms. The smallest absolute Gasteiger partial charge is 0.0532 e. The average Bonchev–Trinajstić information content (AvgIpc) is 2.45. The molecule has 19 heavy (non-hydrogen) atoms. The van der Waals surface area contributed by atoms with Crippen molar-refractivity contribution in [2.75, 3.05) is 5.75 Å². The number of rotatable bonds is 5. The van der Waals surface area contributed by atoms with Gasteiger partial charge in [-0.1, -0.05) is 68.2 Å². The van der Waals surface area contributed by atoms with Crippen LogP contribution in [-0.4, -0.2) is 13.8 Å². The summed E-state index contributed by atoms with van der Waals surface area (Å²) < 4.78 is 9.10. The third-order valence-corrected chi connectivity index (χ3v) is 6.72. The third-order valence-electron chi connectivity index (χ3n) is 3.15. The van der Waals surface area contributed by atoms with Crippen LogP contribution in [0.3, 0.4) is 0 Å². The minimum absolute atomic E-state index is 0.464. The lowest BCUT2D eigenvalue weighted by molar-refractivity contribution is 1.03. The maximum Gasteiger partial charge on any atom is 0.0532 e. The number of hydrogen-bond acceptors (Lipinski definition) is 1. The van der Waals surface area contributed by atoms with Gasteiger partial charge in [0.15, 0.2) is 0 Å². The van der Waals surface area contributed by atoms with E-state index in [2.05, 4.69) is 56.0 Å². The second-order valence-electron chi connectivity index (χ2n) is 5.70. The highest BCUT2D eigenvalue weighted by Crippen LogP contribution is 2.33. The molecule has 2 aromatic carbocycles. The van der Waals surface area contributed by atoms with Gasteiger partial charge in [0.2, 0.25) is 0 Å². The largest absolute Gasteiger partial charge is 0.126 e. The van der Waals surface area contributed by atoms with Crippen LogP contribution in [0.1, 0.15) is 12.5 Å². The Hall–Kier alpha value is -0.993. The lowest BCUT2D eigenvalue weighted by atomic mass is 10.2. The van der Waals surface area contributed by atoms with Crippen molar-refractivity contribution in [1.82, 2.24) is 0 Å². The van der Waals surface area contributed by atoms with Gasteiger partial charge in [-0.2, -0.15) is 0 Å². The summed E-state index contributed by atoms with van der Waals surface area (Å²) in [5.74, 6) is 0.816. The number of benzene rings is 2. The molecule has 0 N–H and O–H groups in total. The van der Waals surface area contributed by atoms with E-state index in [1.807, 2.05) is 24.3 Å². The Labute approximate surface area is 123 Å². The highest BCUT2D eigenvalue weighted by atomic mass is 32.2. The molecule has 0 heterocycles. The molecule has 0 fully saturated rings. The summed E-state index contributed by atoms with van der Waals surface area (Å²) in [6.07, 6.45) is 0. The maximum atomic E-state index is 9.10. The van der Waals surface area contributed by atoms with Crippen LogP contribution in [0.5, 0.6) is 0 Å². The summed E-state index contributed by atoms with van der Waals surface area (Å²) in [6.45, 7) is 6.87. The van der Waals surface area contributed by atoms with Crippen molar-refractivity contribution in [3.8, 4) is 0 Å². The fraction of sp³-hybridized carbons (Fsp3) is 0.294. The first-order valence-electron chi connectivity index (χ1n) is 7.17. The van der Waals surface area contributed by atoms with E-state index in [0.717, 1.165) is 11.3 Å². The van der Waals surface area contributed by atoms with Gasteiger partial charge in [0, 0.05) is 12.0 Å². The van der Waals surface area contributed by atoms with Crippen molar-refractivity contribution in [1.29, 1.82) is 0 Å². The van der Waals surface area contributed by atoms with Crippen molar-refractivity contribution < 1.29 is 1.37 Å². The van der Waals surface area contributed by atoms with Crippen LogP contribution in [-0.2, 0) is 0 Å². The highest BCUT2D eigenvalue weighted by molar-refractivity contribution is 7.99. The molecule has 0 amide bonds. The molecule has 100 valence electrons. The van der Waals surface area contributed by atoms with Crippen LogP contribution in [0.15, 0.2) is 65.6 Å². The SMILES string of the molecule is [2H]C(CSc1ccccc1)(c1ccccc1)[Si](C)(C)C. The minimum Gasteiger partial charge on any atom is -0.126 e. The predicted molar refractivity (Wildman–Crippen MR) is 89.7 cm³/mol. The third kappa shape index (κ3) is 4.25. The van der Waals surface area contributed by atoms with Crippen LogP contribution < -0.4 is 0 Å². The Bertz CT molecular complexity index is 536. The summed E-state index contributed by atoms with van der Waals surface area (Å²) in [4.78, 5) is 1.25. The second kappa shape index (κ2) is 6.44. The molecule has 0 saturated carbocycles. The average molecular weight is 288 g/mol. The van der Waals surface area contributed by atoms with Crippen LogP contribution in [0.25, 0.3) is 0 Å². The fourth-order valence-corrected chi connectivity index (χ4v) is 5.85. The lowest BCUT2D eigenvalue weighted by Crippen LogP contribution is -2.32. The Kier molecular flexibility index (Phi) is 4.41. The molecule has 0 bridgehead atoms. The van der Waals surface area contributed by atoms with Crippen LogP contribution in [0.2, 0.25) is 19.6 Å². The quantitative estimate of drug-likeness (QED) is 0.521. The molecule has 1 unspecified atom stereocenters. The molecule has 0 saturated heterocycles. The Morgan fingerprint density at radius 3 is 2.00 bits per heavy atom. The first kappa shape index (κ1) is 13.0. The van der Waals surface area contributed by atoms with Crippen LogP contribution in [0.4, 0.5) is 0 Å². The van der Waals surface area contributed by atoms with E-state index in [-0.39, 0.29) is 0 Å². The minimum atomic E-state index is -1.66. The molecule has 2 rings (SSSR count). The van der Waals surface area contributed by atoms with E-state index in [1.165, 1.54) is 4.90 Å². The van der Waals surface area contributed by atoms with Crippen LogP contribution >= 0.6 is 11.8 Å². The van der Waals surface area contributed by atoms with E-state index in [1.54, 1.807) is 11.8 Å². The van der Waals surface area contributed by atoms with Gasteiger partial charge in [0.05, 0.1) is 8.07 Å². The molecule has 2 aromatic rings. The standard InChI is InChI=1S/C17H22SSi/c1-19(2,3)17(15-10-6-4-7-11-15)14-18-16-12-8-5-9-13-16/h4-13,17H,14H2,1-3H3/i17D. The zero-order valence-electron chi connectivity index (χ0n) is 12.9. The summed E-state index contributed by atoms with van der Waals surface area (Å²) >= 11 is 1.80. The second-order valence-corrected chi connectivity index (χ2v) is 11.8. The van der Waals surface area contributed by atoms with Crippen molar-refractivity contribution >= 4 is 19.8 Å². The van der Waals surface area contributed by atoms with Crippen LogP contribution in [0, 0.1) is 0 Å². The lowest BCUT2D eigenvalue weighted by Gasteiger charge is -2.29. The van der Waals surface area contributed by atoms with Gasteiger partial charge in [-0.15, -0.1) is 11.8 Å². The maximum absolute atomic E-state index is 9.10. The van der Waals surface area contributed by atoms with Gasteiger partial charge in [-0.25, -0.2) is 0 Å². The van der Waals surface area contributed by atoms with Crippen molar-refractivity contribution in [3.05, 3.63) is 66.2 Å². The van der Waals surface area contributed by atoms with Crippen molar-refractivity contribution in [2.45, 2.75) is 30.1 Å². The van der Waals surface area contributed by atoms with Gasteiger partial charge in [-0.3, -0.25) is 0 Å². The summed E-state index contributed by atoms with van der Waals surface area (Å²) in [6, 6.07) is 20.7. The molecule has 0 aliphatic carbocycles. The van der Waals surface area contributed by atoms with E-state index < -0.39 is 13.6 Å².